The summed E-state index contributed by atoms with van der Waals surface area (Å²) in [6.45, 7) is 4.04. The lowest BCUT2D eigenvalue weighted by Crippen LogP contribution is -2.17. The first-order valence-electron chi connectivity index (χ1n) is 5.07. The molecule has 0 aliphatic rings. The fourth-order valence-electron chi connectivity index (χ4n) is 1.20. The number of phenols is 1. The van der Waals surface area contributed by atoms with Gasteiger partial charge in [-0.1, -0.05) is 26.0 Å². The lowest BCUT2D eigenvalue weighted by molar-refractivity contribution is 0.240. The largest absolute Gasteiger partial charge is 0.507 e. The topological polar surface area (TPSA) is 52.8 Å². The molecule has 0 aromatic heterocycles. The Labute approximate surface area is 90.1 Å². The van der Waals surface area contributed by atoms with Gasteiger partial charge in [0, 0.05) is 11.8 Å². The smallest absolute Gasteiger partial charge is 0.124 e. The van der Waals surface area contributed by atoms with Crippen LogP contribution in [0.3, 0.4) is 0 Å². The maximum atomic E-state index is 9.48. The van der Waals surface area contributed by atoms with Crippen LogP contribution in [-0.2, 0) is 0 Å². The van der Waals surface area contributed by atoms with Crippen LogP contribution in [0.25, 0.3) is 0 Å². The average Bonchev–Trinajstić information content (AvgIpc) is 2.21. The first kappa shape index (κ1) is 11.7. The van der Waals surface area contributed by atoms with Gasteiger partial charge >= 0.3 is 0 Å². The van der Waals surface area contributed by atoms with E-state index >= 15 is 0 Å². The van der Waals surface area contributed by atoms with E-state index < -0.39 is 0 Å². The Kier molecular flexibility index (Phi) is 4.31. The summed E-state index contributed by atoms with van der Waals surface area (Å²) in [6.07, 6.45) is 1.61. The zero-order chi connectivity index (χ0) is 11.3. The molecule has 0 fully saturated rings. The quantitative estimate of drug-likeness (QED) is 0.740. The van der Waals surface area contributed by atoms with Gasteiger partial charge in [0.15, 0.2) is 0 Å². The summed E-state index contributed by atoms with van der Waals surface area (Å²) in [5, 5.41) is 18.5. The minimum atomic E-state index is -0.107. The van der Waals surface area contributed by atoms with Crippen molar-refractivity contribution in [2.45, 2.75) is 19.9 Å². The second-order valence-electron chi connectivity index (χ2n) is 3.83. The molecule has 2 N–H and O–H groups in total. The van der Waals surface area contributed by atoms with Gasteiger partial charge in [-0.15, -0.1) is 0 Å². The summed E-state index contributed by atoms with van der Waals surface area (Å²) in [5.41, 5.74) is 0.677. The van der Waals surface area contributed by atoms with Gasteiger partial charge in [-0.05, 0) is 18.1 Å². The number of rotatable bonds is 4. The standard InChI is InChI=1S/C12H17NO2/c1-9(2)11(8-14)13-7-10-5-3-4-6-12(10)15/h3-7,9,11,14-15H,8H2,1-2H3. The van der Waals surface area contributed by atoms with Crippen molar-refractivity contribution in [2.75, 3.05) is 6.61 Å². The monoisotopic (exact) mass is 207 g/mol. The Morgan fingerprint density at radius 3 is 2.53 bits per heavy atom. The van der Waals surface area contributed by atoms with Crippen LogP contribution in [0.4, 0.5) is 0 Å². The van der Waals surface area contributed by atoms with E-state index in [1.54, 1.807) is 24.4 Å². The van der Waals surface area contributed by atoms with Crippen molar-refractivity contribution in [3.8, 4) is 5.75 Å². The number of aliphatic hydroxyl groups is 1. The van der Waals surface area contributed by atoms with Crippen LogP contribution in [-0.4, -0.2) is 29.1 Å². The molecule has 0 radical (unpaired) electrons. The van der Waals surface area contributed by atoms with Crippen LogP contribution < -0.4 is 0 Å². The third-order valence-electron chi connectivity index (χ3n) is 2.30. The highest BCUT2D eigenvalue weighted by atomic mass is 16.3. The summed E-state index contributed by atoms with van der Waals surface area (Å²) >= 11 is 0. The number of hydrogen-bond donors (Lipinski definition) is 2. The van der Waals surface area contributed by atoms with Gasteiger partial charge in [-0.3, -0.25) is 4.99 Å². The molecule has 0 spiro atoms. The zero-order valence-corrected chi connectivity index (χ0v) is 9.09. The number of aliphatic hydroxyl groups excluding tert-OH is 1. The molecule has 3 nitrogen and oxygen atoms in total. The van der Waals surface area contributed by atoms with E-state index in [9.17, 15) is 5.11 Å². The minimum absolute atomic E-state index is 0.0295. The fourth-order valence-corrected chi connectivity index (χ4v) is 1.20. The summed E-state index contributed by atoms with van der Waals surface area (Å²) in [7, 11) is 0. The van der Waals surface area contributed by atoms with Gasteiger partial charge in [0.1, 0.15) is 5.75 Å². The minimum Gasteiger partial charge on any atom is -0.507 e. The molecule has 15 heavy (non-hydrogen) atoms. The van der Waals surface area contributed by atoms with Crippen molar-refractivity contribution in [3.05, 3.63) is 29.8 Å². The van der Waals surface area contributed by atoms with Crippen LogP contribution in [0.1, 0.15) is 19.4 Å². The number of nitrogens with zero attached hydrogens (tertiary/aromatic N) is 1. The Hall–Kier alpha value is -1.35. The molecule has 0 saturated heterocycles. The maximum Gasteiger partial charge on any atom is 0.124 e. The molecule has 1 unspecified atom stereocenters. The van der Waals surface area contributed by atoms with Crippen molar-refractivity contribution in [1.82, 2.24) is 0 Å². The summed E-state index contributed by atoms with van der Waals surface area (Å²) in [5.74, 6) is 0.499. The van der Waals surface area contributed by atoms with E-state index in [0.29, 0.717) is 5.56 Å². The second kappa shape index (κ2) is 5.51. The van der Waals surface area contributed by atoms with Crippen LogP contribution in [0.15, 0.2) is 29.3 Å². The molecule has 1 aromatic carbocycles. The molecular formula is C12H17NO2. The number of benzene rings is 1. The first-order chi connectivity index (χ1) is 7.15. The van der Waals surface area contributed by atoms with E-state index in [2.05, 4.69) is 4.99 Å². The molecule has 0 aliphatic heterocycles. The number of aromatic hydroxyl groups is 1. The first-order valence-corrected chi connectivity index (χ1v) is 5.07. The second-order valence-corrected chi connectivity index (χ2v) is 3.83. The molecule has 0 aliphatic carbocycles. The normalized spacial score (nSPS) is 13.6. The van der Waals surface area contributed by atoms with Crippen LogP contribution in [0.5, 0.6) is 5.75 Å². The van der Waals surface area contributed by atoms with E-state index in [-0.39, 0.29) is 24.3 Å². The van der Waals surface area contributed by atoms with Gasteiger partial charge in [0.2, 0.25) is 0 Å². The molecular weight excluding hydrogens is 190 g/mol. The van der Waals surface area contributed by atoms with Crippen LogP contribution in [0.2, 0.25) is 0 Å². The summed E-state index contributed by atoms with van der Waals surface area (Å²) in [4.78, 5) is 4.24. The fraction of sp³-hybridized carbons (Fsp3) is 0.417. The van der Waals surface area contributed by atoms with Gasteiger partial charge < -0.3 is 10.2 Å². The molecule has 0 amide bonds. The van der Waals surface area contributed by atoms with E-state index in [0.717, 1.165) is 0 Å². The van der Waals surface area contributed by atoms with Gasteiger partial charge in [0.05, 0.1) is 12.6 Å². The number of phenolic OH excluding ortho intramolecular Hbond substituents is 1. The average molecular weight is 207 g/mol. The molecule has 82 valence electrons. The third kappa shape index (κ3) is 3.36. The molecule has 0 bridgehead atoms. The lowest BCUT2D eigenvalue weighted by atomic mass is 10.1. The highest BCUT2D eigenvalue weighted by molar-refractivity contribution is 5.83. The lowest BCUT2D eigenvalue weighted by Gasteiger charge is -2.12. The SMILES string of the molecule is CC(C)C(CO)N=Cc1ccccc1O. The number of hydrogen-bond acceptors (Lipinski definition) is 3. The number of aliphatic imine (C=N–C) groups is 1. The van der Waals surface area contributed by atoms with Gasteiger partial charge in [0.25, 0.3) is 0 Å². The highest BCUT2D eigenvalue weighted by Gasteiger charge is 2.09. The van der Waals surface area contributed by atoms with Crippen LogP contribution >= 0.6 is 0 Å². The molecule has 0 saturated carbocycles. The van der Waals surface area contributed by atoms with E-state index in [4.69, 9.17) is 5.11 Å². The van der Waals surface area contributed by atoms with E-state index in [1.807, 2.05) is 19.9 Å². The Morgan fingerprint density at radius 2 is 2.00 bits per heavy atom. The van der Waals surface area contributed by atoms with Crippen molar-refractivity contribution in [3.63, 3.8) is 0 Å². The van der Waals surface area contributed by atoms with Crippen LogP contribution in [0, 0.1) is 5.92 Å². The highest BCUT2D eigenvalue weighted by Crippen LogP contribution is 2.14. The molecule has 1 aromatic rings. The third-order valence-corrected chi connectivity index (χ3v) is 2.30. The van der Waals surface area contributed by atoms with Crippen molar-refractivity contribution in [1.29, 1.82) is 0 Å². The van der Waals surface area contributed by atoms with Gasteiger partial charge in [-0.25, -0.2) is 0 Å². The Bertz CT molecular complexity index is 334. The molecule has 1 atom stereocenters. The van der Waals surface area contributed by atoms with E-state index in [1.165, 1.54) is 0 Å². The van der Waals surface area contributed by atoms with Crippen molar-refractivity contribution in [2.24, 2.45) is 10.9 Å². The Balaban J connectivity index is 2.76. The number of para-hydroxylation sites is 1. The Morgan fingerprint density at radius 1 is 1.33 bits per heavy atom. The van der Waals surface area contributed by atoms with Crippen molar-refractivity contribution < 1.29 is 10.2 Å². The maximum absolute atomic E-state index is 9.48. The predicted octanol–water partition coefficient (Wildman–Crippen LogP) is 1.83. The zero-order valence-electron chi connectivity index (χ0n) is 9.09. The molecule has 0 heterocycles. The molecule has 1 rings (SSSR count). The molecule has 3 heteroatoms. The van der Waals surface area contributed by atoms with Gasteiger partial charge in [-0.2, -0.15) is 0 Å². The summed E-state index contributed by atoms with van der Waals surface area (Å²) in [6, 6.07) is 6.89. The summed E-state index contributed by atoms with van der Waals surface area (Å²) < 4.78 is 0. The predicted molar refractivity (Wildman–Crippen MR) is 61.4 cm³/mol. The van der Waals surface area contributed by atoms with Crippen molar-refractivity contribution >= 4 is 6.21 Å².